The smallest absolute Gasteiger partial charge is 0.101 e. The number of pyridine rings is 1. The Morgan fingerprint density at radius 3 is 2.68 bits per heavy atom. The summed E-state index contributed by atoms with van der Waals surface area (Å²) in [6.07, 6.45) is 5.73. The lowest BCUT2D eigenvalue weighted by atomic mass is 10.0. The summed E-state index contributed by atoms with van der Waals surface area (Å²) in [6.45, 7) is 7.17. The van der Waals surface area contributed by atoms with E-state index in [-0.39, 0.29) is 6.04 Å². The van der Waals surface area contributed by atoms with Crippen molar-refractivity contribution in [2.75, 3.05) is 6.54 Å². The summed E-state index contributed by atoms with van der Waals surface area (Å²) in [5.74, 6) is 0.951. The quantitative estimate of drug-likeness (QED) is 0.862. The fourth-order valence-corrected chi connectivity index (χ4v) is 2.19. The van der Waals surface area contributed by atoms with Gasteiger partial charge in [-0.05, 0) is 37.6 Å². The molecule has 0 amide bonds. The van der Waals surface area contributed by atoms with Gasteiger partial charge in [-0.15, -0.1) is 0 Å². The van der Waals surface area contributed by atoms with Crippen LogP contribution < -0.4 is 5.32 Å². The Labute approximate surface area is 115 Å². The van der Waals surface area contributed by atoms with Crippen LogP contribution in [0.1, 0.15) is 42.5 Å². The number of rotatable bonds is 6. The highest BCUT2D eigenvalue weighted by Gasteiger charge is 2.14. The van der Waals surface area contributed by atoms with E-state index < -0.39 is 0 Å². The minimum Gasteiger partial charge on any atom is -0.469 e. The molecule has 102 valence electrons. The maximum atomic E-state index is 5.41. The van der Waals surface area contributed by atoms with Gasteiger partial charge in [-0.25, -0.2) is 0 Å². The summed E-state index contributed by atoms with van der Waals surface area (Å²) in [5.41, 5.74) is 3.59. The third-order valence-corrected chi connectivity index (χ3v) is 3.31. The molecule has 1 atom stereocenters. The molecule has 1 N–H and O–H groups in total. The van der Waals surface area contributed by atoms with Crippen molar-refractivity contribution in [1.29, 1.82) is 0 Å². The maximum Gasteiger partial charge on any atom is 0.101 e. The first-order valence-electron chi connectivity index (χ1n) is 6.95. The van der Waals surface area contributed by atoms with Crippen molar-refractivity contribution < 1.29 is 4.42 Å². The lowest BCUT2D eigenvalue weighted by Crippen LogP contribution is -2.22. The van der Waals surface area contributed by atoms with E-state index in [4.69, 9.17) is 4.42 Å². The van der Waals surface area contributed by atoms with Crippen molar-refractivity contribution in [3.63, 3.8) is 0 Å². The van der Waals surface area contributed by atoms with Crippen LogP contribution in [-0.2, 0) is 12.8 Å². The first kappa shape index (κ1) is 13.8. The molecule has 0 saturated carbocycles. The van der Waals surface area contributed by atoms with Crippen LogP contribution in [0.4, 0.5) is 0 Å². The number of hydrogen-bond donors (Lipinski definition) is 1. The topological polar surface area (TPSA) is 38.1 Å². The van der Waals surface area contributed by atoms with Gasteiger partial charge >= 0.3 is 0 Å². The predicted molar refractivity (Wildman–Crippen MR) is 77.2 cm³/mol. The number of furan rings is 1. The standard InChI is InChI=1S/C16H22N2O/c1-4-13-6-7-15(18-10-13)9-16(17-5-2)14-8-12(3)19-11-14/h6-8,10-11,16-17H,4-5,9H2,1-3H3. The molecule has 19 heavy (non-hydrogen) atoms. The van der Waals surface area contributed by atoms with Crippen molar-refractivity contribution in [1.82, 2.24) is 10.3 Å². The SMILES string of the molecule is CCNC(Cc1ccc(CC)cn1)c1coc(C)c1. The van der Waals surface area contributed by atoms with Crippen LogP contribution in [0.15, 0.2) is 35.1 Å². The summed E-state index contributed by atoms with van der Waals surface area (Å²) in [6, 6.07) is 6.64. The summed E-state index contributed by atoms with van der Waals surface area (Å²) in [7, 11) is 0. The molecule has 0 aliphatic rings. The minimum absolute atomic E-state index is 0.266. The lowest BCUT2D eigenvalue weighted by Gasteiger charge is -2.16. The van der Waals surface area contributed by atoms with Crippen LogP contribution >= 0.6 is 0 Å². The van der Waals surface area contributed by atoms with Crippen LogP contribution in [0.3, 0.4) is 0 Å². The number of nitrogens with zero attached hydrogens (tertiary/aromatic N) is 1. The molecule has 0 bridgehead atoms. The highest BCUT2D eigenvalue weighted by molar-refractivity contribution is 5.20. The molecular formula is C16H22N2O. The molecule has 3 nitrogen and oxygen atoms in total. The van der Waals surface area contributed by atoms with Crippen molar-refractivity contribution >= 4 is 0 Å². The summed E-state index contributed by atoms with van der Waals surface area (Å²) >= 11 is 0. The largest absolute Gasteiger partial charge is 0.469 e. The Morgan fingerprint density at radius 1 is 1.32 bits per heavy atom. The molecule has 2 rings (SSSR count). The van der Waals surface area contributed by atoms with Gasteiger partial charge in [0.25, 0.3) is 0 Å². The summed E-state index contributed by atoms with van der Waals surface area (Å²) < 4.78 is 5.41. The zero-order chi connectivity index (χ0) is 13.7. The van der Waals surface area contributed by atoms with Gasteiger partial charge < -0.3 is 9.73 Å². The average Bonchev–Trinajstić information content (AvgIpc) is 2.86. The van der Waals surface area contributed by atoms with Gasteiger partial charge in [-0.3, -0.25) is 4.98 Å². The second kappa shape index (κ2) is 6.53. The molecule has 0 radical (unpaired) electrons. The zero-order valence-electron chi connectivity index (χ0n) is 11.9. The number of aryl methyl sites for hydroxylation is 2. The molecule has 0 fully saturated rings. The maximum absolute atomic E-state index is 5.41. The molecule has 2 aromatic heterocycles. The van der Waals surface area contributed by atoms with E-state index in [9.17, 15) is 0 Å². The summed E-state index contributed by atoms with van der Waals surface area (Å²) in [4.78, 5) is 4.53. The van der Waals surface area contributed by atoms with E-state index in [1.807, 2.05) is 19.4 Å². The third kappa shape index (κ3) is 3.67. The van der Waals surface area contributed by atoms with Crippen molar-refractivity contribution in [2.24, 2.45) is 0 Å². The molecule has 0 aromatic carbocycles. The van der Waals surface area contributed by atoms with Crippen LogP contribution in [0.2, 0.25) is 0 Å². The average molecular weight is 258 g/mol. The van der Waals surface area contributed by atoms with Crippen molar-refractivity contribution in [3.05, 3.63) is 53.2 Å². The van der Waals surface area contributed by atoms with E-state index in [2.05, 4.69) is 42.3 Å². The Balaban J connectivity index is 2.11. The third-order valence-electron chi connectivity index (χ3n) is 3.31. The first-order chi connectivity index (χ1) is 9.22. The molecule has 2 aromatic rings. The zero-order valence-corrected chi connectivity index (χ0v) is 11.9. The van der Waals surface area contributed by atoms with E-state index in [1.54, 1.807) is 0 Å². The molecule has 2 heterocycles. The van der Waals surface area contributed by atoms with Crippen molar-refractivity contribution in [3.8, 4) is 0 Å². The van der Waals surface area contributed by atoms with Gasteiger partial charge in [0, 0.05) is 29.9 Å². The lowest BCUT2D eigenvalue weighted by molar-refractivity contribution is 0.509. The van der Waals surface area contributed by atoms with Crippen LogP contribution in [0.25, 0.3) is 0 Å². The van der Waals surface area contributed by atoms with Gasteiger partial charge in [0.15, 0.2) is 0 Å². The van der Waals surface area contributed by atoms with Crippen LogP contribution in [0.5, 0.6) is 0 Å². The normalized spacial score (nSPS) is 12.6. The van der Waals surface area contributed by atoms with E-state index >= 15 is 0 Å². The van der Waals surface area contributed by atoms with Crippen molar-refractivity contribution in [2.45, 2.75) is 39.7 Å². The number of hydrogen-bond acceptors (Lipinski definition) is 3. The second-order valence-corrected chi connectivity index (χ2v) is 4.82. The molecular weight excluding hydrogens is 236 g/mol. The van der Waals surface area contributed by atoms with E-state index in [0.29, 0.717) is 0 Å². The molecule has 1 unspecified atom stereocenters. The van der Waals surface area contributed by atoms with Gasteiger partial charge in [0.1, 0.15) is 5.76 Å². The van der Waals surface area contributed by atoms with Crippen LogP contribution in [0, 0.1) is 6.92 Å². The Bertz CT molecular complexity index is 502. The second-order valence-electron chi connectivity index (χ2n) is 4.82. The van der Waals surface area contributed by atoms with Crippen LogP contribution in [-0.4, -0.2) is 11.5 Å². The monoisotopic (exact) mass is 258 g/mol. The molecule has 0 aliphatic carbocycles. The highest BCUT2D eigenvalue weighted by atomic mass is 16.3. The summed E-state index contributed by atoms with van der Waals surface area (Å²) in [5, 5.41) is 3.49. The molecule has 3 heteroatoms. The van der Waals surface area contributed by atoms with E-state index in [1.165, 1.54) is 11.1 Å². The van der Waals surface area contributed by atoms with Gasteiger partial charge in [0.05, 0.1) is 6.26 Å². The Kier molecular flexibility index (Phi) is 4.74. The predicted octanol–water partition coefficient (Wildman–Crippen LogP) is 3.44. The van der Waals surface area contributed by atoms with Gasteiger partial charge in [0.2, 0.25) is 0 Å². The Hall–Kier alpha value is -1.61. The number of aromatic nitrogens is 1. The number of likely N-dealkylation sites (N-methyl/N-ethyl adjacent to an activating group) is 1. The molecule has 0 saturated heterocycles. The number of nitrogens with one attached hydrogen (secondary N) is 1. The molecule has 0 aliphatic heterocycles. The fraction of sp³-hybridized carbons (Fsp3) is 0.438. The molecule has 0 spiro atoms. The van der Waals surface area contributed by atoms with Gasteiger partial charge in [-0.1, -0.05) is 19.9 Å². The minimum atomic E-state index is 0.266. The Morgan fingerprint density at radius 2 is 2.16 bits per heavy atom. The highest BCUT2D eigenvalue weighted by Crippen LogP contribution is 2.20. The van der Waals surface area contributed by atoms with E-state index in [0.717, 1.165) is 30.8 Å². The fourth-order valence-electron chi connectivity index (χ4n) is 2.19. The van der Waals surface area contributed by atoms with Gasteiger partial charge in [-0.2, -0.15) is 0 Å². The first-order valence-corrected chi connectivity index (χ1v) is 6.95.